The molecule has 1 aliphatic heterocycles. The Bertz CT molecular complexity index is 960. The molecule has 1 aromatic heterocycles. The molecule has 0 bridgehead atoms. The normalized spacial score (nSPS) is 14.7. The molecule has 6 nitrogen and oxygen atoms in total. The summed E-state index contributed by atoms with van der Waals surface area (Å²) >= 11 is 0. The fraction of sp³-hybridized carbons (Fsp3) is 0.348. The Morgan fingerprint density at radius 1 is 1.03 bits per heavy atom. The van der Waals surface area contributed by atoms with E-state index in [-0.39, 0.29) is 11.7 Å². The lowest BCUT2D eigenvalue weighted by atomic mass is 10.1. The minimum absolute atomic E-state index is 0.198. The van der Waals surface area contributed by atoms with Crippen molar-refractivity contribution in [2.45, 2.75) is 26.2 Å². The van der Waals surface area contributed by atoms with E-state index in [0.717, 1.165) is 36.4 Å². The molecule has 1 aliphatic rings. The van der Waals surface area contributed by atoms with Gasteiger partial charge in [-0.1, -0.05) is 48.9 Å². The van der Waals surface area contributed by atoms with Gasteiger partial charge in [-0.05, 0) is 50.6 Å². The van der Waals surface area contributed by atoms with Gasteiger partial charge in [0.15, 0.2) is 5.82 Å². The van der Waals surface area contributed by atoms with Crippen molar-refractivity contribution in [3.05, 3.63) is 66.0 Å². The maximum Gasteiger partial charge on any atom is 0.291 e. The molecule has 1 fully saturated rings. The van der Waals surface area contributed by atoms with E-state index in [2.05, 4.69) is 20.3 Å². The second-order valence-corrected chi connectivity index (χ2v) is 7.53. The van der Waals surface area contributed by atoms with Crippen molar-refractivity contribution in [3.8, 4) is 17.1 Å². The van der Waals surface area contributed by atoms with E-state index < -0.39 is 0 Å². The van der Waals surface area contributed by atoms with Crippen LogP contribution in [0.5, 0.6) is 0 Å². The smallest absolute Gasteiger partial charge is 0.291 e. The lowest BCUT2D eigenvalue weighted by Crippen LogP contribution is -2.37. The largest absolute Gasteiger partial charge is 0.348 e. The molecular formula is C23H27N5O. The van der Waals surface area contributed by atoms with Crippen LogP contribution in [-0.2, 0) is 0 Å². The van der Waals surface area contributed by atoms with Crippen LogP contribution in [-0.4, -0.2) is 51.8 Å². The number of nitrogens with one attached hydrogen (secondary N) is 1. The number of benzene rings is 2. The van der Waals surface area contributed by atoms with Gasteiger partial charge in [0.05, 0.1) is 5.69 Å². The summed E-state index contributed by atoms with van der Waals surface area (Å²) in [6, 6.07) is 17.9. The summed E-state index contributed by atoms with van der Waals surface area (Å²) in [5.41, 5.74) is 2.95. The minimum Gasteiger partial charge on any atom is -0.348 e. The summed E-state index contributed by atoms with van der Waals surface area (Å²) in [5.74, 6) is 0.631. The number of carbonyl (C=O) groups is 1. The van der Waals surface area contributed by atoms with Crippen molar-refractivity contribution in [1.82, 2.24) is 25.0 Å². The summed E-state index contributed by atoms with van der Waals surface area (Å²) in [7, 11) is 0. The molecule has 2 heterocycles. The number of carbonyl (C=O) groups excluding carboxylic acids is 1. The number of rotatable bonds is 6. The van der Waals surface area contributed by atoms with Crippen LogP contribution in [0.4, 0.5) is 0 Å². The van der Waals surface area contributed by atoms with Gasteiger partial charge < -0.3 is 10.2 Å². The minimum atomic E-state index is -0.231. The molecule has 0 unspecified atom stereocenters. The fourth-order valence-electron chi connectivity index (χ4n) is 3.71. The van der Waals surface area contributed by atoms with Crippen molar-refractivity contribution in [3.63, 3.8) is 0 Å². The summed E-state index contributed by atoms with van der Waals surface area (Å²) in [5, 5.41) is 7.53. The van der Waals surface area contributed by atoms with E-state index >= 15 is 0 Å². The highest BCUT2D eigenvalue weighted by atomic mass is 16.2. The Hall–Kier alpha value is -2.99. The predicted molar refractivity (Wildman–Crippen MR) is 114 cm³/mol. The number of aromatic nitrogens is 3. The number of nitrogens with zero attached hydrogens (tertiary/aromatic N) is 4. The van der Waals surface area contributed by atoms with E-state index in [1.165, 1.54) is 19.3 Å². The first kappa shape index (κ1) is 19.3. The van der Waals surface area contributed by atoms with Crippen LogP contribution in [0.2, 0.25) is 0 Å². The second-order valence-electron chi connectivity index (χ2n) is 7.53. The van der Waals surface area contributed by atoms with Crippen LogP contribution in [0.15, 0.2) is 54.6 Å². The van der Waals surface area contributed by atoms with E-state index in [4.69, 9.17) is 0 Å². The Morgan fingerprint density at radius 3 is 2.59 bits per heavy atom. The quantitative estimate of drug-likeness (QED) is 0.701. The molecule has 4 rings (SSSR count). The van der Waals surface area contributed by atoms with Crippen molar-refractivity contribution >= 4 is 5.91 Å². The summed E-state index contributed by atoms with van der Waals surface area (Å²) < 4.78 is 1.75. The third kappa shape index (κ3) is 4.71. The highest BCUT2D eigenvalue weighted by Gasteiger charge is 2.19. The fourth-order valence-corrected chi connectivity index (χ4v) is 3.71. The number of hydrogen-bond acceptors (Lipinski definition) is 4. The molecule has 0 saturated carbocycles. The van der Waals surface area contributed by atoms with Gasteiger partial charge >= 0.3 is 0 Å². The molecule has 1 N–H and O–H groups in total. The van der Waals surface area contributed by atoms with Crippen LogP contribution in [0.25, 0.3) is 17.1 Å². The van der Waals surface area contributed by atoms with Crippen LogP contribution < -0.4 is 5.32 Å². The first-order valence-corrected chi connectivity index (χ1v) is 10.3. The van der Waals surface area contributed by atoms with Crippen LogP contribution in [0.1, 0.15) is 35.4 Å². The Balaban J connectivity index is 1.55. The second kappa shape index (κ2) is 9.01. The van der Waals surface area contributed by atoms with Crippen LogP contribution >= 0.6 is 0 Å². The number of likely N-dealkylation sites (tertiary alicyclic amines) is 1. The average Bonchev–Trinajstić information content (AvgIpc) is 3.21. The van der Waals surface area contributed by atoms with Gasteiger partial charge in [0.2, 0.25) is 5.82 Å². The third-order valence-corrected chi connectivity index (χ3v) is 5.25. The maximum atomic E-state index is 12.7. The van der Waals surface area contributed by atoms with Crippen molar-refractivity contribution in [2.24, 2.45) is 0 Å². The molecule has 3 aromatic rings. The summed E-state index contributed by atoms with van der Waals surface area (Å²) in [6.07, 6.45) is 3.80. The van der Waals surface area contributed by atoms with Gasteiger partial charge in [-0.2, -0.15) is 0 Å². The topological polar surface area (TPSA) is 63.1 Å². The molecule has 0 spiro atoms. The zero-order valence-electron chi connectivity index (χ0n) is 16.8. The van der Waals surface area contributed by atoms with E-state index in [1.54, 1.807) is 4.68 Å². The van der Waals surface area contributed by atoms with E-state index in [1.807, 2.05) is 61.5 Å². The number of aryl methyl sites for hydroxylation is 1. The third-order valence-electron chi connectivity index (χ3n) is 5.25. The molecule has 1 saturated heterocycles. The van der Waals surface area contributed by atoms with Crippen LogP contribution in [0, 0.1) is 6.92 Å². The first-order valence-electron chi connectivity index (χ1n) is 10.3. The molecule has 0 aliphatic carbocycles. The zero-order chi connectivity index (χ0) is 20.1. The molecule has 0 radical (unpaired) electrons. The lowest BCUT2D eigenvalue weighted by Gasteiger charge is -2.26. The van der Waals surface area contributed by atoms with Gasteiger partial charge in [-0.15, -0.1) is 5.10 Å². The number of hydrogen-bond donors (Lipinski definition) is 1. The first-order chi connectivity index (χ1) is 14.2. The van der Waals surface area contributed by atoms with Crippen molar-refractivity contribution in [2.75, 3.05) is 26.2 Å². The van der Waals surface area contributed by atoms with Gasteiger partial charge in [0, 0.05) is 18.7 Å². The molecule has 1 amide bonds. The molecular weight excluding hydrogens is 362 g/mol. The highest BCUT2D eigenvalue weighted by molar-refractivity contribution is 5.91. The molecule has 6 heteroatoms. The van der Waals surface area contributed by atoms with Crippen molar-refractivity contribution < 1.29 is 4.79 Å². The Labute approximate surface area is 171 Å². The lowest BCUT2D eigenvalue weighted by molar-refractivity contribution is 0.0936. The summed E-state index contributed by atoms with van der Waals surface area (Å²) in [6.45, 7) is 5.76. The monoisotopic (exact) mass is 389 g/mol. The molecule has 150 valence electrons. The number of piperidine rings is 1. The number of amides is 1. The standard InChI is InChI=1S/C23H27N5O/c1-18-9-8-12-20(17-18)28-22(19-10-4-2-5-11-19)25-21(26-28)23(29)24-13-16-27-14-6-3-7-15-27/h2,4-5,8-12,17H,3,6-7,13-16H2,1H3,(H,24,29). The van der Waals surface area contributed by atoms with Gasteiger partial charge in [-0.25, -0.2) is 9.67 Å². The van der Waals surface area contributed by atoms with E-state index in [0.29, 0.717) is 12.4 Å². The van der Waals surface area contributed by atoms with Crippen molar-refractivity contribution in [1.29, 1.82) is 0 Å². The van der Waals surface area contributed by atoms with Crippen LogP contribution in [0.3, 0.4) is 0 Å². The van der Waals surface area contributed by atoms with Gasteiger partial charge in [-0.3, -0.25) is 4.79 Å². The average molecular weight is 390 g/mol. The highest BCUT2D eigenvalue weighted by Crippen LogP contribution is 2.21. The van der Waals surface area contributed by atoms with Gasteiger partial charge in [0.25, 0.3) is 5.91 Å². The Kier molecular flexibility index (Phi) is 6.00. The molecule has 29 heavy (non-hydrogen) atoms. The van der Waals surface area contributed by atoms with E-state index in [9.17, 15) is 4.79 Å². The predicted octanol–water partition coefficient (Wildman–Crippen LogP) is 3.46. The molecule has 2 aromatic carbocycles. The summed E-state index contributed by atoms with van der Waals surface area (Å²) in [4.78, 5) is 19.7. The Morgan fingerprint density at radius 2 is 1.83 bits per heavy atom. The SMILES string of the molecule is Cc1cccc(-n2nc(C(=O)NCCN3CCCCC3)nc2-c2ccccc2)c1. The van der Waals surface area contributed by atoms with Gasteiger partial charge in [0.1, 0.15) is 0 Å². The zero-order valence-corrected chi connectivity index (χ0v) is 16.8. The molecule has 0 atom stereocenters. The maximum absolute atomic E-state index is 12.7.